The molecule has 3 saturated heterocycles. The summed E-state index contributed by atoms with van der Waals surface area (Å²) in [7, 11) is 0. The zero-order valence-corrected chi connectivity index (χ0v) is 57.7. The summed E-state index contributed by atoms with van der Waals surface area (Å²) < 4.78 is 34.4. The second-order valence-electron chi connectivity index (χ2n) is 26.7. The van der Waals surface area contributed by atoms with E-state index in [9.17, 15) is 61.0 Å². The topological polar surface area (TPSA) is 307 Å². The molecular weight excluding hydrogens is 1190 g/mol. The van der Waals surface area contributed by atoms with E-state index in [4.69, 9.17) is 28.4 Å². The fraction of sp³-hybridized carbons (Fsp3) is 0.878. The Hall–Kier alpha value is -2.25. The first-order chi connectivity index (χ1) is 45.3. The minimum atomic E-state index is -1.98. The molecule has 0 spiro atoms. The third-order valence-electron chi connectivity index (χ3n) is 18.6. The second kappa shape index (κ2) is 55.6. The Labute approximate surface area is 561 Å². The summed E-state index contributed by atoms with van der Waals surface area (Å²) in [5.74, 6) is -0.292. The van der Waals surface area contributed by atoms with E-state index >= 15 is 0 Å². The lowest BCUT2D eigenvalue weighted by Crippen LogP contribution is -2.66. The van der Waals surface area contributed by atoms with Gasteiger partial charge < -0.3 is 89.9 Å². The fourth-order valence-corrected chi connectivity index (χ4v) is 12.5. The van der Waals surface area contributed by atoms with E-state index in [0.29, 0.717) is 12.8 Å². The van der Waals surface area contributed by atoms with Gasteiger partial charge in [-0.3, -0.25) is 4.79 Å². The Morgan fingerprint density at radius 1 is 0.387 bits per heavy atom. The Kier molecular flexibility index (Phi) is 50.8. The maximum atomic E-state index is 13.4. The van der Waals surface area contributed by atoms with E-state index < -0.39 is 124 Å². The molecule has 93 heavy (non-hydrogen) atoms. The third-order valence-corrected chi connectivity index (χ3v) is 18.6. The van der Waals surface area contributed by atoms with Crippen LogP contribution >= 0.6 is 0 Å². The highest BCUT2D eigenvalue weighted by Crippen LogP contribution is 2.33. The summed E-state index contributed by atoms with van der Waals surface area (Å²) in [4.78, 5) is 13.4. The molecule has 3 heterocycles. The van der Waals surface area contributed by atoms with E-state index in [2.05, 4.69) is 55.6 Å². The van der Waals surface area contributed by atoms with Crippen LogP contribution in [0.25, 0.3) is 0 Å². The fourth-order valence-electron chi connectivity index (χ4n) is 12.5. The number of unbranched alkanes of at least 4 members (excludes halogenated alkanes) is 36. The van der Waals surface area contributed by atoms with Gasteiger partial charge in [0.1, 0.15) is 73.2 Å². The van der Waals surface area contributed by atoms with Crippen LogP contribution in [0, 0.1) is 0 Å². The molecule has 0 radical (unpaired) electrons. The number of amides is 1. The van der Waals surface area contributed by atoms with Crippen LogP contribution in [-0.4, -0.2) is 193 Å². The van der Waals surface area contributed by atoms with Crippen LogP contribution in [-0.2, 0) is 33.2 Å². The molecule has 0 aliphatic carbocycles. The van der Waals surface area contributed by atoms with E-state index in [-0.39, 0.29) is 18.9 Å². The normalized spacial score (nSPS) is 27.8. The van der Waals surface area contributed by atoms with Crippen LogP contribution in [0.4, 0.5) is 0 Å². The Morgan fingerprint density at radius 3 is 1.15 bits per heavy atom. The van der Waals surface area contributed by atoms with Gasteiger partial charge in [0.15, 0.2) is 18.9 Å². The van der Waals surface area contributed by atoms with Gasteiger partial charge in [0.05, 0.1) is 38.6 Å². The van der Waals surface area contributed by atoms with Crippen molar-refractivity contribution < 1.29 is 89.4 Å². The molecule has 0 aromatic rings. The monoisotopic (exact) mass is 1330 g/mol. The number of ether oxygens (including phenoxy) is 6. The summed E-state index contributed by atoms with van der Waals surface area (Å²) in [5, 5.41) is 121. The molecule has 3 rings (SSSR count). The number of hydrogen-bond acceptors (Lipinski definition) is 18. The Bertz CT molecular complexity index is 1870. The highest BCUT2D eigenvalue weighted by atomic mass is 16.8. The van der Waals surface area contributed by atoms with Crippen LogP contribution in [0.15, 0.2) is 48.6 Å². The van der Waals surface area contributed by atoms with E-state index in [1.165, 1.54) is 173 Å². The van der Waals surface area contributed by atoms with Crippen LogP contribution in [0.1, 0.15) is 284 Å². The number of hydrogen-bond donors (Lipinski definition) is 12. The smallest absolute Gasteiger partial charge is 0.220 e. The van der Waals surface area contributed by atoms with Crippen molar-refractivity contribution >= 4 is 5.91 Å². The maximum Gasteiger partial charge on any atom is 0.220 e. The molecule has 19 heteroatoms. The summed E-state index contributed by atoms with van der Waals surface area (Å²) in [6.07, 6.45) is 41.0. The predicted octanol–water partition coefficient (Wildman–Crippen LogP) is 10.9. The number of carbonyl (C=O) groups is 1. The first-order valence-corrected chi connectivity index (χ1v) is 37.4. The Balaban J connectivity index is 1.41. The number of aliphatic hydroxyl groups excluding tert-OH is 11. The molecule has 1 amide bonds. The molecule has 0 saturated carbocycles. The van der Waals surface area contributed by atoms with Crippen molar-refractivity contribution in [3.63, 3.8) is 0 Å². The highest BCUT2D eigenvalue weighted by molar-refractivity contribution is 5.76. The van der Waals surface area contributed by atoms with Crippen LogP contribution in [0.5, 0.6) is 0 Å². The van der Waals surface area contributed by atoms with E-state index in [0.717, 1.165) is 77.0 Å². The largest absolute Gasteiger partial charge is 0.394 e. The second-order valence-corrected chi connectivity index (χ2v) is 26.7. The zero-order chi connectivity index (χ0) is 67.5. The molecule has 17 atom stereocenters. The van der Waals surface area contributed by atoms with Gasteiger partial charge in [-0.2, -0.15) is 0 Å². The molecule has 544 valence electrons. The molecule has 3 aliphatic rings. The van der Waals surface area contributed by atoms with Gasteiger partial charge >= 0.3 is 0 Å². The summed E-state index contributed by atoms with van der Waals surface area (Å²) in [6, 6.07) is -0.996. The standard InChI is InChI=1S/C74H135NO18/c1-3-5-7-9-11-13-15-17-19-21-23-24-25-26-27-28-29-30-31-32-33-34-35-37-39-41-43-45-47-49-51-58(79)57(75-62(80)52-50-48-46-44-42-40-38-36-22-20-18-16-14-12-10-8-6-4-2)56-88-72-68(86)65(83)70(60(54-77)90-72)93-74-69(87)66(84)71(61(55-78)91-74)92-73-67(85)64(82)63(81)59(53-76)89-73/h14,16,20,22,41,43,49,51,57-61,63-74,76-79,81-87H,3-13,15,17-19,21,23-40,42,44-48,50,52-56H2,1-2H3,(H,75,80)/b16-14-,22-20-,43-41+,51-49+. The molecule has 0 bridgehead atoms. The van der Waals surface area contributed by atoms with Crippen molar-refractivity contribution in [2.75, 3.05) is 26.4 Å². The van der Waals surface area contributed by atoms with Crippen molar-refractivity contribution in [3.8, 4) is 0 Å². The first-order valence-electron chi connectivity index (χ1n) is 37.4. The SMILES string of the molecule is CCCCCC/C=C\C/C=C\CCCCCCCCCC(=O)NC(COC1OC(CO)C(OC2OC(CO)C(OC3OC(CO)C(O)C(O)C3O)C(O)C2O)C(O)C1O)C(O)/C=C/CC/C=C/CCCCCCCCCCCCCCCCCCCCCCCCCC. The van der Waals surface area contributed by atoms with Gasteiger partial charge in [0, 0.05) is 6.42 Å². The van der Waals surface area contributed by atoms with Gasteiger partial charge in [-0.1, -0.05) is 262 Å². The molecule has 12 N–H and O–H groups in total. The van der Waals surface area contributed by atoms with Crippen molar-refractivity contribution in [2.45, 2.75) is 388 Å². The summed E-state index contributed by atoms with van der Waals surface area (Å²) in [5.41, 5.74) is 0. The van der Waals surface area contributed by atoms with Crippen molar-refractivity contribution in [3.05, 3.63) is 48.6 Å². The van der Waals surface area contributed by atoms with Crippen LogP contribution in [0.2, 0.25) is 0 Å². The minimum absolute atomic E-state index is 0.226. The Morgan fingerprint density at radius 2 is 0.720 bits per heavy atom. The highest BCUT2D eigenvalue weighted by Gasteiger charge is 2.53. The zero-order valence-electron chi connectivity index (χ0n) is 57.7. The van der Waals surface area contributed by atoms with Gasteiger partial charge in [0.2, 0.25) is 5.91 Å². The number of nitrogens with one attached hydrogen (secondary N) is 1. The van der Waals surface area contributed by atoms with Crippen molar-refractivity contribution in [2.24, 2.45) is 0 Å². The molecule has 3 aliphatic heterocycles. The summed E-state index contributed by atoms with van der Waals surface area (Å²) in [6.45, 7) is 1.72. The molecular formula is C74H135NO18. The minimum Gasteiger partial charge on any atom is -0.394 e. The number of allylic oxidation sites excluding steroid dienone is 7. The van der Waals surface area contributed by atoms with Crippen molar-refractivity contribution in [1.29, 1.82) is 0 Å². The summed E-state index contributed by atoms with van der Waals surface area (Å²) >= 11 is 0. The van der Waals surface area contributed by atoms with Crippen LogP contribution < -0.4 is 5.32 Å². The van der Waals surface area contributed by atoms with Crippen LogP contribution in [0.3, 0.4) is 0 Å². The van der Waals surface area contributed by atoms with Gasteiger partial charge in [-0.25, -0.2) is 0 Å². The molecule has 0 aromatic heterocycles. The maximum absolute atomic E-state index is 13.4. The number of aliphatic hydroxyl groups is 11. The quantitative estimate of drug-likeness (QED) is 0.0199. The van der Waals surface area contributed by atoms with E-state index in [1.807, 2.05) is 6.08 Å². The lowest BCUT2D eigenvalue weighted by molar-refractivity contribution is -0.379. The number of carbonyl (C=O) groups excluding carboxylic acids is 1. The van der Waals surface area contributed by atoms with Gasteiger partial charge in [-0.05, 0) is 64.2 Å². The van der Waals surface area contributed by atoms with Gasteiger partial charge in [0.25, 0.3) is 0 Å². The van der Waals surface area contributed by atoms with Crippen molar-refractivity contribution in [1.82, 2.24) is 5.32 Å². The van der Waals surface area contributed by atoms with E-state index in [1.54, 1.807) is 6.08 Å². The molecule has 3 fully saturated rings. The molecule has 17 unspecified atom stereocenters. The average Bonchev–Trinajstić information content (AvgIpc) is 0.996. The molecule has 19 nitrogen and oxygen atoms in total. The third kappa shape index (κ3) is 37.0. The van der Waals surface area contributed by atoms with Gasteiger partial charge in [-0.15, -0.1) is 0 Å². The first kappa shape index (κ1) is 85.0. The lowest BCUT2D eigenvalue weighted by atomic mass is 9.96. The molecule has 0 aromatic carbocycles. The lowest BCUT2D eigenvalue weighted by Gasteiger charge is -2.48. The number of rotatable bonds is 58. The average molecular weight is 1330 g/mol. The predicted molar refractivity (Wildman–Crippen MR) is 365 cm³/mol.